The van der Waals surface area contributed by atoms with Gasteiger partial charge in [0.1, 0.15) is 12.7 Å². The van der Waals surface area contributed by atoms with E-state index in [4.69, 9.17) is 0 Å². The Kier molecular flexibility index (Phi) is 4.59. The van der Waals surface area contributed by atoms with Gasteiger partial charge >= 0.3 is 0 Å². The first-order valence-corrected chi connectivity index (χ1v) is 6.33. The van der Waals surface area contributed by atoms with Gasteiger partial charge in [-0.2, -0.15) is 24.7 Å². The SMILES string of the molecule is CNc1nc(NCCC(=O)N(C)C)nc(-n2cncn2)n1. The third kappa shape index (κ3) is 3.84. The lowest BCUT2D eigenvalue weighted by Gasteiger charge is -2.11. The van der Waals surface area contributed by atoms with Gasteiger partial charge in [-0.05, 0) is 0 Å². The van der Waals surface area contributed by atoms with E-state index in [1.165, 1.54) is 22.2 Å². The van der Waals surface area contributed by atoms with E-state index >= 15 is 0 Å². The van der Waals surface area contributed by atoms with E-state index in [2.05, 4.69) is 35.7 Å². The van der Waals surface area contributed by atoms with Crippen LogP contribution in [0.4, 0.5) is 11.9 Å². The van der Waals surface area contributed by atoms with Gasteiger partial charge in [0.15, 0.2) is 0 Å². The maximum atomic E-state index is 11.5. The minimum Gasteiger partial charge on any atom is -0.357 e. The molecule has 2 rings (SSSR count). The number of aromatic nitrogens is 6. The maximum absolute atomic E-state index is 11.5. The molecule has 2 aromatic rings. The molecule has 1 amide bonds. The quantitative estimate of drug-likeness (QED) is 0.724. The van der Waals surface area contributed by atoms with Gasteiger partial charge in [-0.1, -0.05) is 0 Å². The van der Waals surface area contributed by atoms with Crippen molar-refractivity contribution in [2.45, 2.75) is 6.42 Å². The van der Waals surface area contributed by atoms with Crippen LogP contribution in [-0.4, -0.2) is 68.2 Å². The van der Waals surface area contributed by atoms with Crippen LogP contribution in [0.5, 0.6) is 0 Å². The van der Waals surface area contributed by atoms with Crippen LogP contribution >= 0.6 is 0 Å². The van der Waals surface area contributed by atoms with Crippen LogP contribution in [0.2, 0.25) is 0 Å². The third-order valence-electron chi connectivity index (χ3n) is 2.59. The van der Waals surface area contributed by atoms with E-state index in [1.54, 1.807) is 21.1 Å². The number of hydrogen-bond donors (Lipinski definition) is 2. The average Bonchev–Trinajstić information content (AvgIpc) is 3.01. The zero-order chi connectivity index (χ0) is 15.2. The molecule has 0 saturated carbocycles. The standard InChI is InChI=1S/C11H17N9O/c1-12-9-16-10(14-5-4-8(21)19(2)3)18-11(17-9)20-7-13-6-15-20/h6-7H,4-5H2,1-3H3,(H2,12,14,16,17,18). The molecule has 0 saturated heterocycles. The van der Waals surface area contributed by atoms with Crippen LogP contribution in [0.1, 0.15) is 6.42 Å². The summed E-state index contributed by atoms with van der Waals surface area (Å²) in [7, 11) is 5.14. The van der Waals surface area contributed by atoms with Crippen LogP contribution < -0.4 is 10.6 Å². The summed E-state index contributed by atoms with van der Waals surface area (Å²) >= 11 is 0. The summed E-state index contributed by atoms with van der Waals surface area (Å²) in [5.41, 5.74) is 0. The first-order chi connectivity index (χ1) is 10.1. The summed E-state index contributed by atoms with van der Waals surface area (Å²) in [6.45, 7) is 0.432. The zero-order valence-electron chi connectivity index (χ0n) is 12.1. The molecule has 0 aliphatic heterocycles. The lowest BCUT2D eigenvalue weighted by Crippen LogP contribution is -2.24. The fourth-order valence-corrected chi connectivity index (χ4v) is 1.47. The first kappa shape index (κ1) is 14.6. The average molecular weight is 291 g/mol. The molecule has 0 aliphatic carbocycles. The van der Waals surface area contributed by atoms with Crippen molar-refractivity contribution in [3.05, 3.63) is 12.7 Å². The molecule has 10 nitrogen and oxygen atoms in total. The van der Waals surface area contributed by atoms with Gasteiger partial charge in [-0.15, -0.1) is 0 Å². The van der Waals surface area contributed by atoms with Gasteiger partial charge in [0.05, 0.1) is 0 Å². The molecule has 0 bridgehead atoms. The highest BCUT2D eigenvalue weighted by molar-refractivity contribution is 5.76. The number of amides is 1. The minimum absolute atomic E-state index is 0.0295. The predicted molar refractivity (Wildman–Crippen MR) is 76.1 cm³/mol. The molecular weight excluding hydrogens is 274 g/mol. The summed E-state index contributed by atoms with van der Waals surface area (Å²) in [6.07, 6.45) is 3.24. The molecule has 0 unspecified atom stereocenters. The molecule has 0 aromatic carbocycles. The monoisotopic (exact) mass is 291 g/mol. The van der Waals surface area contributed by atoms with Crippen molar-refractivity contribution in [2.24, 2.45) is 0 Å². The first-order valence-electron chi connectivity index (χ1n) is 6.33. The Labute approximate surface area is 121 Å². The van der Waals surface area contributed by atoms with Crippen LogP contribution in [-0.2, 0) is 4.79 Å². The highest BCUT2D eigenvalue weighted by Gasteiger charge is 2.09. The second kappa shape index (κ2) is 6.59. The Bertz CT molecular complexity index is 596. The second-order valence-electron chi connectivity index (χ2n) is 4.34. The maximum Gasteiger partial charge on any atom is 0.258 e. The Morgan fingerprint density at radius 1 is 1.29 bits per heavy atom. The molecule has 0 fully saturated rings. The van der Waals surface area contributed by atoms with Gasteiger partial charge < -0.3 is 15.5 Å². The predicted octanol–water partition coefficient (Wildman–Crippen LogP) is -0.616. The van der Waals surface area contributed by atoms with E-state index in [9.17, 15) is 4.79 Å². The molecule has 2 aromatic heterocycles. The van der Waals surface area contributed by atoms with Crippen LogP contribution in [0, 0.1) is 0 Å². The summed E-state index contributed by atoms with van der Waals surface area (Å²) in [5, 5.41) is 9.82. The van der Waals surface area contributed by atoms with Gasteiger partial charge in [-0.25, -0.2) is 4.98 Å². The van der Waals surface area contributed by atoms with E-state index < -0.39 is 0 Å². The number of rotatable bonds is 6. The van der Waals surface area contributed by atoms with Crippen LogP contribution in [0.15, 0.2) is 12.7 Å². The number of hydrogen-bond acceptors (Lipinski definition) is 8. The van der Waals surface area contributed by atoms with Crippen molar-refractivity contribution >= 4 is 17.8 Å². The minimum atomic E-state index is 0.0295. The smallest absolute Gasteiger partial charge is 0.258 e. The normalized spacial score (nSPS) is 10.2. The third-order valence-corrected chi connectivity index (χ3v) is 2.59. The van der Waals surface area contributed by atoms with E-state index in [0.717, 1.165) is 0 Å². The Morgan fingerprint density at radius 3 is 2.67 bits per heavy atom. The molecular formula is C11H17N9O. The molecule has 0 radical (unpaired) electrons. The molecule has 2 heterocycles. The molecule has 2 N–H and O–H groups in total. The largest absolute Gasteiger partial charge is 0.357 e. The molecule has 0 atom stereocenters. The molecule has 10 heteroatoms. The number of nitrogens with one attached hydrogen (secondary N) is 2. The second-order valence-corrected chi connectivity index (χ2v) is 4.34. The number of carbonyl (C=O) groups excluding carboxylic acids is 1. The highest BCUT2D eigenvalue weighted by atomic mass is 16.2. The van der Waals surface area contributed by atoms with Crippen molar-refractivity contribution in [1.29, 1.82) is 0 Å². The summed E-state index contributed by atoms with van der Waals surface area (Å²) < 4.78 is 1.43. The lowest BCUT2D eigenvalue weighted by molar-refractivity contribution is -0.128. The molecule has 21 heavy (non-hydrogen) atoms. The van der Waals surface area contributed by atoms with E-state index in [-0.39, 0.29) is 5.91 Å². The van der Waals surface area contributed by atoms with Gasteiger partial charge in [-0.3, -0.25) is 4.79 Å². The fourth-order valence-electron chi connectivity index (χ4n) is 1.47. The van der Waals surface area contributed by atoms with Crippen molar-refractivity contribution in [1.82, 2.24) is 34.6 Å². The highest BCUT2D eigenvalue weighted by Crippen LogP contribution is 2.07. The topological polar surface area (TPSA) is 114 Å². The molecule has 0 spiro atoms. The fraction of sp³-hybridized carbons (Fsp3) is 0.455. The van der Waals surface area contributed by atoms with E-state index in [1.807, 2.05) is 0 Å². The summed E-state index contributed by atoms with van der Waals surface area (Å²) in [5.74, 6) is 1.14. The number of anilines is 2. The van der Waals surface area contributed by atoms with Gasteiger partial charge in [0, 0.05) is 34.1 Å². The summed E-state index contributed by atoms with van der Waals surface area (Å²) in [6, 6.07) is 0. The van der Waals surface area contributed by atoms with Crippen molar-refractivity contribution in [3.63, 3.8) is 0 Å². The summed E-state index contributed by atoms with van der Waals surface area (Å²) in [4.78, 5) is 29.5. The van der Waals surface area contributed by atoms with Crippen molar-refractivity contribution < 1.29 is 4.79 Å². The molecule has 0 aliphatic rings. The Morgan fingerprint density at radius 2 is 2.05 bits per heavy atom. The lowest BCUT2D eigenvalue weighted by atomic mass is 10.4. The Hall–Kier alpha value is -2.78. The van der Waals surface area contributed by atoms with Gasteiger partial charge in [0.25, 0.3) is 5.95 Å². The van der Waals surface area contributed by atoms with Gasteiger partial charge in [0.2, 0.25) is 17.8 Å². The van der Waals surface area contributed by atoms with E-state index in [0.29, 0.717) is 30.8 Å². The van der Waals surface area contributed by atoms with Crippen molar-refractivity contribution in [3.8, 4) is 5.95 Å². The molecule has 112 valence electrons. The van der Waals surface area contributed by atoms with Crippen LogP contribution in [0.3, 0.4) is 0 Å². The van der Waals surface area contributed by atoms with Crippen LogP contribution in [0.25, 0.3) is 5.95 Å². The number of nitrogens with zero attached hydrogens (tertiary/aromatic N) is 7. The van der Waals surface area contributed by atoms with Crippen molar-refractivity contribution in [2.75, 3.05) is 38.3 Å². The Balaban J connectivity index is 2.09. The zero-order valence-corrected chi connectivity index (χ0v) is 12.1. The number of carbonyl (C=O) groups is 1.